The normalized spacial score (nSPS) is 16.3. The van der Waals surface area contributed by atoms with Crippen LogP contribution < -0.4 is 4.90 Å². The number of anilines is 1. The van der Waals surface area contributed by atoms with Gasteiger partial charge in [0.05, 0.1) is 6.04 Å². The number of carbonyl (C=O) groups excluding carboxylic acids is 2. The predicted octanol–water partition coefficient (Wildman–Crippen LogP) is 4.93. The van der Waals surface area contributed by atoms with Gasteiger partial charge in [0.15, 0.2) is 0 Å². The quantitative estimate of drug-likeness (QED) is 0.714. The molecule has 160 valence electrons. The second-order valence-electron chi connectivity index (χ2n) is 8.38. The summed E-state index contributed by atoms with van der Waals surface area (Å²) in [6.45, 7) is 6.36. The summed E-state index contributed by atoms with van der Waals surface area (Å²) in [6, 6.07) is 13.2. The molecule has 1 saturated heterocycles. The molecule has 0 unspecified atom stereocenters. The zero-order valence-electron chi connectivity index (χ0n) is 18.0. The van der Waals surface area contributed by atoms with Crippen LogP contribution in [0.2, 0.25) is 0 Å². The van der Waals surface area contributed by atoms with Gasteiger partial charge in [-0.2, -0.15) is 0 Å². The molecule has 0 aliphatic carbocycles. The maximum Gasteiger partial charge on any atom is 0.415 e. The highest BCUT2D eigenvalue weighted by Gasteiger charge is 2.31. The molecule has 30 heavy (non-hydrogen) atoms. The molecule has 2 aromatic rings. The van der Waals surface area contributed by atoms with Crippen LogP contribution in [0.1, 0.15) is 50.8 Å². The van der Waals surface area contributed by atoms with Crippen molar-refractivity contribution in [2.45, 2.75) is 51.9 Å². The molecule has 7 heteroatoms. The fourth-order valence-electron chi connectivity index (χ4n) is 3.35. The summed E-state index contributed by atoms with van der Waals surface area (Å²) >= 11 is 0. The number of hydrogen-bond donors (Lipinski definition) is 0. The molecule has 0 N–H and O–H groups in total. The molecule has 3 rings (SSSR count). The molecule has 0 saturated carbocycles. The molecule has 0 radical (unpaired) electrons. The molecule has 2 amide bonds. The Morgan fingerprint density at radius 3 is 2.53 bits per heavy atom. The average Bonchev–Trinajstić information content (AvgIpc) is 3.21. The third kappa shape index (κ3) is 5.49. The number of aromatic nitrogens is 1. The van der Waals surface area contributed by atoms with E-state index in [1.54, 1.807) is 24.2 Å². The maximum atomic E-state index is 12.6. The minimum Gasteiger partial charge on any atom is -0.445 e. The largest absolute Gasteiger partial charge is 0.445 e. The first kappa shape index (κ1) is 21.6. The van der Waals surface area contributed by atoms with Crippen molar-refractivity contribution in [2.75, 3.05) is 18.5 Å². The van der Waals surface area contributed by atoms with Crippen LogP contribution in [0.15, 0.2) is 48.7 Å². The molecule has 1 aromatic heterocycles. The van der Waals surface area contributed by atoms with E-state index in [9.17, 15) is 9.59 Å². The van der Waals surface area contributed by atoms with Crippen molar-refractivity contribution >= 4 is 18.0 Å². The van der Waals surface area contributed by atoms with Gasteiger partial charge in [-0.25, -0.2) is 14.6 Å². The topological polar surface area (TPSA) is 72.0 Å². The number of benzene rings is 1. The van der Waals surface area contributed by atoms with E-state index in [0.717, 1.165) is 24.0 Å². The lowest BCUT2D eigenvalue weighted by molar-refractivity contribution is 0.0588. The standard InChI is InChI=1S/C23H29N3O4/c1-23(2,3)30-21(27)25(4)20-13-12-18(15-24-20)19-11-8-14-26(19)22(28)29-16-17-9-6-5-7-10-17/h5-7,9-10,12-13,15,19H,8,11,14,16H2,1-4H3/t19-/m1/s1. The molecule has 0 spiro atoms. The Morgan fingerprint density at radius 2 is 1.90 bits per heavy atom. The van der Waals surface area contributed by atoms with Crippen LogP contribution in [0.5, 0.6) is 0 Å². The molecule has 7 nitrogen and oxygen atoms in total. The number of carbonyl (C=O) groups is 2. The Hall–Kier alpha value is -3.09. The van der Waals surface area contributed by atoms with Gasteiger partial charge in [-0.15, -0.1) is 0 Å². The van der Waals surface area contributed by atoms with Crippen molar-refractivity contribution < 1.29 is 19.1 Å². The van der Waals surface area contributed by atoms with Gasteiger partial charge < -0.3 is 14.4 Å². The van der Waals surface area contributed by atoms with E-state index >= 15 is 0 Å². The minimum atomic E-state index is -0.574. The van der Waals surface area contributed by atoms with E-state index in [-0.39, 0.29) is 18.7 Å². The summed E-state index contributed by atoms with van der Waals surface area (Å²) in [6.07, 6.45) is 2.68. The molecule has 1 aromatic carbocycles. The van der Waals surface area contributed by atoms with Crippen LogP contribution in [0.3, 0.4) is 0 Å². The van der Waals surface area contributed by atoms with E-state index in [1.165, 1.54) is 4.90 Å². The van der Waals surface area contributed by atoms with Gasteiger partial charge in [0.2, 0.25) is 0 Å². The Bertz CT molecular complexity index is 862. The maximum absolute atomic E-state index is 12.6. The van der Waals surface area contributed by atoms with Crippen LogP contribution in [0, 0.1) is 0 Å². The van der Waals surface area contributed by atoms with Gasteiger partial charge in [0, 0.05) is 19.8 Å². The van der Waals surface area contributed by atoms with Crippen molar-refractivity contribution in [3.8, 4) is 0 Å². The lowest BCUT2D eigenvalue weighted by Crippen LogP contribution is -2.34. The van der Waals surface area contributed by atoms with Gasteiger partial charge >= 0.3 is 12.2 Å². The summed E-state index contributed by atoms with van der Waals surface area (Å²) < 4.78 is 10.9. The molecule has 1 atom stereocenters. The lowest BCUT2D eigenvalue weighted by atomic mass is 10.1. The van der Waals surface area contributed by atoms with Gasteiger partial charge in [-0.05, 0) is 50.8 Å². The Balaban J connectivity index is 1.63. The van der Waals surface area contributed by atoms with Crippen LogP contribution in [0.4, 0.5) is 15.4 Å². The Kier molecular flexibility index (Phi) is 6.59. The number of hydrogen-bond acceptors (Lipinski definition) is 5. The van der Waals surface area contributed by atoms with E-state index in [4.69, 9.17) is 9.47 Å². The summed E-state index contributed by atoms with van der Waals surface area (Å²) in [5.74, 6) is 0.490. The zero-order chi connectivity index (χ0) is 21.7. The second kappa shape index (κ2) is 9.15. The highest BCUT2D eigenvalue weighted by atomic mass is 16.6. The molecule has 1 fully saturated rings. The highest BCUT2D eigenvalue weighted by molar-refractivity contribution is 5.85. The first-order chi connectivity index (χ1) is 14.2. The Morgan fingerprint density at radius 1 is 1.17 bits per heavy atom. The van der Waals surface area contributed by atoms with E-state index in [0.29, 0.717) is 12.4 Å². The monoisotopic (exact) mass is 411 g/mol. The minimum absolute atomic E-state index is 0.0818. The summed E-state index contributed by atoms with van der Waals surface area (Å²) in [7, 11) is 1.62. The van der Waals surface area contributed by atoms with Crippen molar-refractivity contribution in [1.29, 1.82) is 0 Å². The molecular formula is C23H29N3O4. The zero-order valence-corrected chi connectivity index (χ0v) is 18.0. The first-order valence-corrected chi connectivity index (χ1v) is 10.1. The molecular weight excluding hydrogens is 382 g/mol. The molecule has 1 aliphatic heterocycles. The van der Waals surface area contributed by atoms with Crippen LogP contribution >= 0.6 is 0 Å². The Labute approximate surface area is 177 Å². The third-order valence-corrected chi connectivity index (χ3v) is 4.86. The van der Waals surface area contributed by atoms with E-state index in [2.05, 4.69) is 4.98 Å². The van der Waals surface area contributed by atoms with E-state index in [1.807, 2.05) is 57.2 Å². The number of amides is 2. The van der Waals surface area contributed by atoms with Gasteiger partial charge in [-0.3, -0.25) is 4.90 Å². The first-order valence-electron chi connectivity index (χ1n) is 10.1. The summed E-state index contributed by atoms with van der Waals surface area (Å²) in [5.41, 5.74) is 1.30. The molecule has 0 bridgehead atoms. The van der Waals surface area contributed by atoms with E-state index < -0.39 is 11.7 Å². The summed E-state index contributed by atoms with van der Waals surface area (Å²) in [4.78, 5) is 32.4. The van der Waals surface area contributed by atoms with Crippen LogP contribution in [-0.4, -0.2) is 41.3 Å². The number of likely N-dealkylation sites (tertiary alicyclic amines) is 1. The van der Waals surface area contributed by atoms with Crippen molar-refractivity contribution in [3.05, 3.63) is 59.8 Å². The van der Waals surface area contributed by atoms with Gasteiger partial charge in [0.25, 0.3) is 0 Å². The average molecular weight is 412 g/mol. The number of nitrogens with zero attached hydrogens (tertiary/aromatic N) is 3. The summed E-state index contributed by atoms with van der Waals surface area (Å²) in [5, 5.41) is 0. The lowest BCUT2D eigenvalue weighted by Gasteiger charge is -2.26. The predicted molar refractivity (Wildman–Crippen MR) is 114 cm³/mol. The fraction of sp³-hybridized carbons (Fsp3) is 0.435. The number of pyridine rings is 1. The number of rotatable bonds is 4. The smallest absolute Gasteiger partial charge is 0.415 e. The highest BCUT2D eigenvalue weighted by Crippen LogP contribution is 2.32. The number of ether oxygens (including phenoxy) is 2. The fourth-order valence-corrected chi connectivity index (χ4v) is 3.35. The molecule has 2 heterocycles. The van der Waals surface area contributed by atoms with Gasteiger partial charge in [-0.1, -0.05) is 36.4 Å². The van der Waals surface area contributed by atoms with Crippen LogP contribution in [0.25, 0.3) is 0 Å². The SMILES string of the molecule is CN(C(=O)OC(C)(C)C)c1ccc([C@H]2CCCN2C(=O)OCc2ccccc2)cn1. The van der Waals surface area contributed by atoms with Crippen molar-refractivity contribution in [1.82, 2.24) is 9.88 Å². The van der Waals surface area contributed by atoms with Crippen LogP contribution in [-0.2, 0) is 16.1 Å². The van der Waals surface area contributed by atoms with Crippen molar-refractivity contribution in [3.63, 3.8) is 0 Å². The second-order valence-corrected chi connectivity index (χ2v) is 8.38. The van der Waals surface area contributed by atoms with Crippen molar-refractivity contribution in [2.24, 2.45) is 0 Å². The molecule has 1 aliphatic rings. The third-order valence-electron chi connectivity index (χ3n) is 4.86. The van der Waals surface area contributed by atoms with Gasteiger partial charge in [0.1, 0.15) is 18.0 Å².